The van der Waals surface area contributed by atoms with Crippen molar-refractivity contribution < 1.29 is 4.79 Å². The predicted molar refractivity (Wildman–Crippen MR) is 110 cm³/mol. The summed E-state index contributed by atoms with van der Waals surface area (Å²) in [5, 5.41) is 11.8. The quantitative estimate of drug-likeness (QED) is 0.684. The summed E-state index contributed by atoms with van der Waals surface area (Å²) in [7, 11) is 5.92. The van der Waals surface area contributed by atoms with Crippen LogP contribution in [0.15, 0.2) is 36.4 Å². The smallest absolute Gasteiger partial charge is 0.272 e. The van der Waals surface area contributed by atoms with E-state index in [0.29, 0.717) is 18.8 Å². The number of carbonyl (C=O) groups excluding carboxylic acids is 1. The molecule has 1 amide bonds. The fourth-order valence-electron chi connectivity index (χ4n) is 3.25. The minimum atomic E-state index is -0.0522. The van der Waals surface area contributed by atoms with E-state index in [1.165, 1.54) is 0 Å². The number of aromatic nitrogens is 4. The first-order chi connectivity index (χ1) is 13.4. The number of amides is 1. The van der Waals surface area contributed by atoms with Crippen LogP contribution in [0.25, 0.3) is 11.3 Å². The molecule has 0 bridgehead atoms. The van der Waals surface area contributed by atoms with Crippen molar-refractivity contribution in [3.05, 3.63) is 59.0 Å². The third-order valence-electron chi connectivity index (χ3n) is 4.89. The van der Waals surface area contributed by atoms with E-state index in [0.717, 1.165) is 34.8 Å². The first-order valence-corrected chi connectivity index (χ1v) is 9.40. The Kier molecular flexibility index (Phi) is 5.94. The van der Waals surface area contributed by atoms with Crippen LogP contribution in [0, 0.1) is 13.8 Å². The maximum atomic E-state index is 13.2. The van der Waals surface area contributed by atoms with E-state index in [4.69, 9.17) is 0 Å². The van der Waals surface area contributed by atoms with Gasteiger partial charge in [-0.05, 0) is 39.6 Å². The maximum Gasteiger partial charge on any atom is 0.272 e. The third kappa shape index (κ3) is 4.31. The van der Waals surface area contributed by atoms with Crippen LogP contribution in [0.3, 0.4) is 0 Å². The Labute approximate surface area is 166 Å². The van der Waals surface area contributed by atoms with E-state index in [2.05, 4.69) is 20.2 Å². The lowest BCUT2D eigenvalue weighted by Gasteiger charge is -2.24. The average molecular weight is 380 g/mol. The first kappa shape index (κ1) is 19.8. The number of nitrogens with zero attached hydrogens (tertiary/aromatic N) is 5. The summed E-state index contributed by atoms with van der Waals surface area (Å²) < 4.78 is 1.83. The normalized spacial score (nSPS) is 11.2. The Balaban J connectivity index is 1.85. The number of aryl methyl sites for hydroxylation is 2. The van der Waals surface area contributed by atoms with Crippen molar-refractivity contribution in [2.75, 3.05) is 27.2 Å². The predicted octanol–water partition coefficient (Wildman–Crippen LogP) is 2.63. The number of carbonyl (C=O) groups is 1. The monoisotopic (exact) mass is 380 g/mol. The van der Waals surface area contributed by atoms with Crippen molar-refractivity contribution in [3.8, 4) is 11.3 Å². The van der Waals surface area contributed by atoms with Gasteiger partial charge in [0, 0.05) is 37.9 Å². The molecule has 0 saturated heterocycles. The topological polar surface area (TPSA) is 70.1 Å². The summed E-state index contributed by atoms with van der Waals surface area (Å²) in [6.07, 6.45) is 0. The van der Waals surface area contributed by atoms with Crippen molar-refractivity contribution in [1.29, 1.82) is 0 Å². The molecule has 0 radical (unpaired) electrons. The standard InChI is InChI=1S/C21H28N6O/c1-15-20(16(2)26(5)24-15)18-13-19(23-22-18)21(28)27(12-11-25(3)4)14-17-9-7-6-8-10-17/h6-10,13H,11-12,14H2,1-5H3,(H,22,23). The van der Waals surface area contributed by atoms with Crippen molar-refractivity contribution in [3.63, 3.8) is 0 Å². The molecule has 0 aliphatic heterocycles. The lowest BCUT2D eigenvalue weighted by Crippen LogP contribution is -2.36. The van der Waals surface area contributed by atoms with Crippen LogP contribution in [0.4, 0.5) is 0 Å². The molecule has 0 aliphatic rings. The van der Waals surface area contributed by atoms with E-state index >= 15 is 0 Å². The minimum Gasteiger partial charge on any atom is -0.332 e. The number of nitrogens with one attached hydrogen (secondary N) is 1. The molecule has 1 N–H and O–H groups in total. The highest BCUT2D eigenvalue weighted by Crippen LogP contribution is 2.25. The third-order valence-corrected chi connectivity index (χ3v) is 4.89. The zero-order chi connectivity index (χ0) is 20.3. The highest BCUT2D eigenvalue weighted by molar-refractivity contribution is 5.93. The molecular weight excluding hydrogens is 352 g/mol. The molecule has 148 valence electrons. The molecule has 0 unspecified atom stereocenters. The van der Waals surface area contributed by atoms with E-state index in [1.54, 1.807) is 0 Å². The Morgan fingerprint density at radius 3 is 2.46 bits per heavy atom. The highest BCUT2D eigenvalue weighted by Gasteiger charge is 2.21. The molecule has 1 aromatic carbocycles. The molecule has 7 nitrogen and oxygen atoms in total. The van der Waals surface area contributed by atoms with Gasteiger partial charge in [-0.15, -0.1) is 0 Å². The van der Waals surface area contributed by atoms with Crippen LogP contribution >= 0.6 is 0 Å². The number of rotatable bonds is 7. The van der Waals surface area contributed by atoms with Gasteiger partial charge in [-0.2, -0.15) is 10.2 Å². The first-order valence-electron chi connectivity index (χ1n) is 9.40. The van der Waals surface area contributed by atoms with Crippen LogP contribution in [-0.4, -0.2) is 62.9 Å². The number of H-pyrrole nitrogens is 1. The van der Waals surface area contributed by atoms with Crippen LogP contribution < -0.4 is 0 Å². The van der Waals surface area contributed by atoms with Gasteiger partial charge in [0.2, 0.25) is 0 Å². The summed E-state index contributed by atoms with van der Waals surface area (Å²) in [6.45, 7) is 5.95. The summed E-state index contributed by atoms with van der Waals surface area (Å²) in [5.41, 5.74) is 5.25. The number of hydrogen-bond donors (Lipinski definition) is 1. The van der Waals surface area contributed by atoms with Gasteiger partial charge in [0.15, 0.2) is 0 Å². The molecule has 0 spiro atoms. The fraction of sp³-hybridized carbons (Fsp3) is 0.381. The Bertz CT molecular complexity index is 941. The van der Waals surface area contributed by atoms with Gasteiger partial charge in [0.05, 0.1) is 11.4 Å². The zero-order valence-electron chi connectivity index (χ0n) is 17.2. The van der Waals surface area contributed by atoms with Gasteiger partial charge in [-0.3, -0.25) is 14.6 Å². The van der Waals surface area contributed by atoms with Crippen molar-refractivity contribution in [2.24, 2.45) is 7.05 Å². The van der Waals surface area contributed by atoms with Gasteiger partial charge in [-0.1, -0.05) is 30.3 Å². The van der Waals surface area contributed by atoms with Gasteiger partial charge >= 0.3 is 0 Å². The molecule has 0 saturated carbocycles. The molecule has 28 heavy (non-hydrogen) atoms. The Morgan fingerprint density at radius 2 is 1.86 bits per heavy atom. The summed E-state index contributed by atoms with van der Waals surface area (Å²) >= 11 is 0. The molecule has 3 rings (SSSR count). The second-order valence-corrected chi connectivity index (χ2v) is 7.35. The van der Waals surface area contributed by atoms with Crippen LogP contribution in [0.1, 0.15) is 27.4 Å². The molecule has 0 aliphatic carbocycles. The molecule has 2 heterocycles. The molecule has 2 aromatic heterocycles. The summed E-state index contributed by atoms with van der Waals surface area (Å²) in [5.74, 6) is -0.0522. The largest absolute Gasteiger partial charge is 0.332 e. The van der Waals surface area contributed by atoms with E-state index in [1.807, 2.05) is 81.0 Å². The van der Waals surface area contributed by atoms with E-state index in [-0.39, 0.29) is 5.91 Å². The zero-order valence-corrected chi connectivity index (χ0v) is 17.2. The molecule has 7 heteroatoms. The minimum absolute atomic E-state index is 0.0522. The average Bonchev–Trinajstić information content (AvgIpc) is 3.23. The van der Waals surface area contributed by atoms with Gasteiger partial charge < -0.3 is 9.80 Å². The lowest BCUT2D eigenvalue weighted by molar-refractivity contribution is 0.0726. The van der Waals surface area contributed by atoms with Crippen molar-refractivity contribution in [1.82, 2.24) is 29.8 Å². The molecule has 3 aromatic rings. The number of aromatic amines is 1. The summed E-state index contributed by atoms with van der Waals surface area (Å²) in [4.78, 5) is 17.1. The number of benzene rings is 1. The van der Waals surface area contributed by atoms with Gasteiger partial charge in [0.1, 0.15) is 5.69 Å². The Hall–Kier alpha value is -2.93. The van der Waals surface area contributed by atoms with Gasteiger partial charge in [-0.25, -0.2) is 0 Å². The van der Waals surface area contributed by atoms with Gasteiger partial charge in [0.25, 0.3) is 5.91 Å². The molecular formula is C21H28N6O. The van der Waals surface area contributed by atoms with Crippen molar-refractivity contribution >= 4 is 5.91 Å². The Morgan fingerprint density at radius 1 is 1.14 bits per heavy atom. The maximum absolute atomic E-state index is 13.2. The second kappa shape index (κ2) is 8.39. The second-order valence-electron chi connectivity index (χ2n) is 7.35. The molecule has 0 atom stereocenters. The fourth-order valence-corrected chi connectivity index (χ4v) is 3.25. The SMILES string of the molecule is Cc1nn(C)c(C)c1-c1cc(C(=O)N(CCN(C)C)Cc2ccccc2)[nH]n1. The number of hydrogen-bond acceptors (Lipinski definition) is 4. The summed E-state index contributed by atoms with van der Waals surface area (Å²) in [6, 6.07) is 11.9. The highest BCUT2D eigenvalue weighted by atomic mass is 16.2. The van der Waals surface area contributed by atoms with Crippen LogP contribution in [-0.2, 0) is 13.6 Å². The van der Waals surface area contributed by atoms with Crippen LogP contribution in [0.5, 0.6) is 0 Å². The van der Waals surface area contributed by atoms with E-state index in [9.17, 15) is 4.79 Å². The molecule has 0 fully saturated rings. The van der Waals surface area contributed by atoms with Crippen molar-refractivity contribution in [2.45, 2.75) is 20.4 Å². The van der Waals surface area contributed by atoms with Crippen LogP contribution in [0.2, 0.25) is 0 Å². The van der Waals surface area contributed by atoms with E-state index < -0.39 is 0 Å². The lowest BCUT2D eigenvalue weighted by atomic mass is 10.1. The number of likely N-dealkylation sites (N-methyl/N-ethyl adjacent to an activating group) is 1.